The van der Waals surface area contributed by atoms with Crippen LogP contribution in [-0.2, 0) is 19.6 Å². The van der Waals surface area contributed by atoms with E-state index in [1.165, 1.54) is 22.5 Å². The summed E-state index contributed by atoms with van der Waals surface area (Å²) in [5, 5.41) is 15.8. The smallest absolute Gasteiger partial charge is 0.337 e. The Morgan fingerprint density at radius 1 is 0.972 bits per heavy atom. The maximum Gasteiger partial charge on any atom is 0.337 e. The minimum Gasteiger partial charge on any atom is -0.478 e. The van der Waals surface area contributed by atoms with E-state index in [9.17, 15) is 27.9 Å². The number of carbonyl (C=O) groups excluding carboxylic acids is 2. The maximum atomic E-state index is 13.4. The molecule has 2 atom stereocenters. The van der Waals surface area contributed by atoms with Gasteiger partial charge in [-0.2, -0.15) is 16.9 Å². The van der Waals surface area contributed by atoms with E-state index >= 15 is 0 Å². The Morgan fingerprint density at radius 3 is 2.42 bits per heavy atom. The van der Waals surface area contributed by atoms with Gasteiger partial charge in [0.05, 0.1) is 35.3 Å². The van der Waals surface area contributed by atoms with Gasteiger partial charge in [-0.25, -0.2) is 13.2 Å². The first-order valence-corrected chi connectivity index (χ1v) is 13.2. The minimum atomic E-state index is -3.95. The molecule has 3 aromatic carbocycles. The number of hydrogen-bond donors (Lipinski definition) is 4. The molecular formula is C25H25N3O6S2. The van der Waals surface area contributed by atoms with Crippen molar-refractivity contribution < 1.29 is 27.9 Å². The Morgan fingerprint density at radius 2 is 1.67 bits per heavy atom. The number of sulfonamides is 1. The standard InChI is InChI=1S/C25H25N3O6S2/c29-23(13-26-14-24(30)27-21-8-4-3-7-20(21)25(31)32)22-12-18(35)15-28(22)36(33,34)19-10-9-16-5-1-2-6-17(16)11-19/h1-11,18,22,26,35H,12-15H2,(H,27,30)(H,31,32)/t18-,22+/m1/s1. The largest absolute Gasteiger partial charge is 0.478 e. The van der Waals surface area contributed by atoms with Crippen LogP contribution in [0.3, 0.4) is 0 Å². The molecule has 1 aliphatic rings. The molecule has 0 aromatic heterocycles. The summed E-state index contributed by atoms with van der Waals surface area (Å²) < 4.78 is 28.0. The number of para-hydroxylation sites is 1. The average molecular weight is 528 g/mol. The van der Waals surface area contributed by atoms with Crippen molar-refractivity contribution in [2.24, 2.45) is 0 Å². The van der Waals surface area contributed by atoms with Gasteiger partial charge in [0, 0.05) is 11.8 Å². The molecule has 188 valence electrons. The van der Waals surface area contributed by atoms with Crippen molar-refractivity contribution in [1.29, 1.82) is 0 Å². The number of hydrogen-bond acceptors (Lipinski definition) is 7. The topological polar surface area (TPSA) is 133 Å². The summed E-state index contributed by atoms with van der Waals surface area (Å²) in [7, 11) is -3.95. The molecule has 0 aliphatic carbocycles. The molecule has 1 aliphatic heterocycles. The van der Waals surface area contributed by atoms with Gasteiger partial charge in [0.15, 0.2) is 5.78 Å². The van der Waals surface area contributed by atoms with Crippen molar-refractivity contribution in [1.82, 2.24) is 9.62 Å². The zero-order chi connectivity index (χ0) is 25.9. The van der Waals surface area contributed by atoms with E-state index in [1.54, 1.807) is 24.3 Å². The number of fused-ring (bicyclic) bond motifs is 1. The summed E-state index contributed by atoms with van der Waals surface area (Å²) in [4.78, 5) is 36.6. The Kier molecular flexibility index (Phi) is 7.74. The number of Topliss-reactive ketones (excluding diaryl/α,β-unsaturated/α-hetero) is 1. The molecule has 9 nitrogen and oxygen atoms in total. The molecule has 0 spiro atoms. The van der Waals surface area contributed by atoms with Crippen molar-refractivity contribution in [2.75, 3.05) is 25.0 Å². The predicted octanol–water partition coefficient (Wildman–Crippen LogP) is 2.40. The molecule has 0 saturated carbocycles. The van der Waals surface area contributed by atoms with Gasteiger partial charge in [0.2, 0.25) is 15.9 Å². The van der Waals surface area contributed by atoms with E-state index in [1.807, 2.05) is 24.3 Å². The van der Waals surface area contributed by atoms with Gasteiger partial charge >= 0.3 is 5.97 Å². The zero-order valence-corrected chi connectivity index (χ0v) is 20.8. The molecule has 3 N–H and O–H groups in total. The third kappa shape index (κ3) is 5.59. The summed E-state index contributed by atoms with van der Waals surface area (Å²) in [5.41, 5.74) is 0.0896. The minimum absolute atomic E-state index is 0.0535. The molecule has 4 rings (SSSR count). The van der Waals surface area contributed by atoms with Crippen LogP contribution >= 0.6 is 12.6 Å². The van der Waals surface area contributed by atoms with Crippen LogP contribution in [0.5, 0.6) is 0 Å². The molecule has 36 heavy (non-hydrogen) atoms. The first kappa shape index (κ1) is 25.8. The molecule has 1 amide bonds. The number of carboxylic acids is 1. The van der Waals surface area contributed by atoms with Crippen molar-refractivity contribution in [2.45, 2.75) is 22.6 Å². The van der Waals surface area contributed by atoms with Crippen LogP contribution in [0, 0.1) is 0 Å². The van der Waals surface area contributed by atoms with Gasteiger partial charge in [-0.1, -0.05) is 42.5 Å². The van der Waals surface area contributed by atoms with Crippen LogP contribution in [0.25, 0.3) is 10.8 Å². The fourth-order valence-corrected chi connectivity index (χ4v) is 6.38. The van der Waals surface area contributed by atoms with Crippen LogP contribution in [0.1, 0.15) is 16.8 Å². The Labute approximate surface area is 214 Å². The monoisotopic (exact) mass is 527 g/mol. The first-order valence-electron chi connectivity index (χ1n) is 11.2. The summed E-state index contributed by atoms with van der Waals surface area (Å²) in [6.45, 7) is -0.391. The SMILES string of the molecule is O=C(CNCC(=O)[C@@H]1C[C@@H](S)CN1S(=O)(=O)c1ccc2ccccc2c1)Nc1ccccc1C(=O)O. The summed E-state index contributed by atoms with van der Waals surface area (Å²) >= 11 is 4.42. The first-order chi connectivity index (χ1) is 17.2. The third-order valence-corrected chi connectivity index (χ3v) is 8.19. The lowest BCUT2D eigenvalue weighted by molar-refractivity contribution is -0.121. The maximum absolute atomic E-state index is 13.4. The van der Waals surface area contributed by atoms with Crippen LogP contribution in [0.4, 0.5) is 5.69 Å². The molecule has 0 bridgehead atoms. The number of amides is 1. The normalized spacial score (nSPS) is 18.2. The van der Waals surface area contributed by atoms with E-state index < -0.39 is 27.9 Å². The second-order valence-corrected chi connectivity index (χ2v) is 11.1. The van der Waals surface area contributed by atoms with Gasteiger partial charge in [-0.15, -0.1) is 0 Å². The lowest BCUT2D eigenvalue weighted by Gasteiger charge is -2.23. The highest BCUT2D eigenvalue weighted by atomic mass is 32.2. The fourth-order valence-electron chi connectivity index (χ4n) is 4.20. The van der Waals surface area contributed by atoms with Gasteiger partial charge in [-0.3, -0.25) is 9.59 Å². The highest BCUT2D eigenvalue weighted by Gasteiger charge is 2.42. The number of aromatic carboxylic acids is 1. The van der Waals surface area contributed by atoms with Crippen molar-refractivity contribution >= 4 is 56.8 Å². The number of carboxylic acid groups (broad SMARTS) is 1. The Hall–Kier alpha value is -3.25. The number of nitrogens with one attached hydrogen (secondary N) is 2. The van der Waals surface area contributed by atoms with E-state index in [2.05, 4.69) is 23.3 Å². The van der Waals surface area contributed by atoms with Crippen LogP contribution in [0.2, 0.25) is 0 Å². The van der Waals surface area contributed by atoms with E-state index in [-0.39, 0.29) is 53.2 Å². The van der Waals surface area contributed by atoms with Gasteiger partial charge in [0.25, 0.3) is 0 Å². The number of nitrogens with zero attached hydrogens (tertiary/aromatic N) is 1. The predicted molar refractivity (Wildman–Crippen MR) is 139 cm³/mol. The fraction of sp³-hybridized carbons (Fsp3) is 0.240. The van der Waals surface area contributed by atoms with Crippen molar-refractivity contribution in [3.63, 3.8) is 0 Å². The molecule has 1 fully saturated rings. The Balaban J connectivity index is 1.40. The van der Waals surface area contributed by atoms with E-state index in [0.29, 0.717) is 0 Å². The van der Waals surface area contributed by atoms with Crippen LogP contribution in [-0.4, -0.2) is 66.4 Å². The van der Waals surface area contributed by atoms with Gasteiger partial charge < -0.3 is 15.7 Å². The quantitative estimate of drug-likeness (QED) is 0.314. The van der Waals surface area contributed by atoms with Gasteiger partial charge in [-0.05, 0) is 41.5 Å². The van der Waals surface area contributed by atoms with Crippen molar-refractivity contribution in [3.05, 3.63) is 72.3 Å². The van der Waals surface area contributed by atoms with E-state index in [4.69, 9.17) is 0 Å². The molecule has 0 unspecified atom stereocenters. The van der Waals surface area contributed by atoms with Crippen LogP contribution in [0.15, 0.2) is 71.6 Å². The van der Waals surface area contributed by atoms with Crippen LogP contribution < -0.4 is 10.6 Å². The summed E-state index contributed by atoms with van der Waals surface area (Å²) in [6, 6.07) is 17.3. The van der Waals surface area contributed by atoms with Crippen molar-refractivity contribution in [3.8, 4) is 0 Å². The number of carbonyl (C=O) groups is 3. The second kappa shape index (κ2) is 10.8. The summed E-state index contributed by atoms with van der Waals surface area (Å²) in [5.74, 6) is -2.09. The highest BCUT2D eigenvalue weighted by Crippen LogP contribution is 2.30. The second-order valence-electron chi connectivity index (χ2n) is 8.46. The number of anilines is 1. The average Bonchev–Trinajstić information content (AvgIpc) is 3.26. The molecular weight excluding hydrogens is 502 g/mol. The van der Waals surface area contributed by atoms with Gasteiger partial charge in [0.1, 0.15) is 0 Å². The Bertz CT molecular complexity index is 1430. The molecule has 0 radical (unpaired) electrons. The summed E-state index contributed by atoms with van der Waals surface area (Å²) in [6.07, 6.45) is 0.259. The highest BCUT2D eigenvalue weighted by molar-refractivity contribution is 7.89. The lowest BCUT2D eigenvalue weighted by atomic mass is 10.1. The zero-order valence-electron chi connectivity index (χ0n) is 19.1. The molecule has 3 aromatic rings. The third-order valence-electron chi connectivity index (χ3n) is 5.95. The number of benzene rings is 3. The lowest BCUT2D eigenvalue weighted by Crippen LogP contribution is -2.44. The molecule has 11 heteroatoms. The number of ketones is 1. The number of rotatable bonds is 9. The van der Waals surface area contributed by atoms with E-state index in [0.717, 1.165) is 10.8 Å². The molecule has 1 heterocycles. The number of thiol groups is 1. The molecule has 1 saturated heterocycles.